The van der Waals surface area contributed by atoms with Crippen LogP contribution >= 0.6 is 0 Å². The van der Waals surface area contributed by atoms with Crippen LogP contribution in [0.3, 0.4) is 0 Å². The highest BCUT2D eigenvalue weighted by Gasteiger charge is 2.10. The molecule has 1 rings (SSSR count). The van der Waals surface area contributed by atoms with Gasteiger partial charge in [0.25, 0.3) is 5.56 Å². The Balaban J connectivity index is 1.89. The van der Waals surface area contributed by atoms with Gasteiger partial charge in [-0.15, -0.1) is 4.73 Å². The molecule has 2 amide bonds. The fourth-order valence-electron chi connectivity index (χ4n) is 2.58. The fraction of sp³-hybridized carbons (Fsp3) is 0.619. The van der Waals surface area contributed by atoms with Crippen LogP contribution in [-0.2, 0) is 28.6 Å². The summed E-state index contributed by atoms with van der Waals surface area (Å²) in [6.07, 6.45) is 1.92. The lowest BCUT2D eigenvalue weighted by Crippen LogP contribution is -2.30. The van der Waals surface area contributed by atoms with E-state index in [1.165, 1.54) is 12.1 Å². The SMILES string of the molecule is N[C@@H](CCCCNC(=O)CCOCCOCCOCCC(=O)Nc1cccc(=O)n1O)C(=O)O. The van der Waals surface area contributed by atoms with Crippen molar-refractivity contribution in [1.82, 2.24) is 10.0 Å². The number of carboxylic acid groups (broad SMARTS) is 1. The largest absolute Gasteiger partial charge is 0.480 e. The monoisotopic (exact) mass is 486 g/mol. The van der Waals surface area contributed by atoms with Crippen LogP contribution in [0.15, 0.2) is 23.0 Å². The number of nitrogens with one attached hydrogen (secondary N) is 2. The molecule has 0 aromatic carbocycles. The maximum absolute atomic E-state index is 11.8. The average Bonchev–Trinajstić information content (AvgIpc) is 2.80. The maximum Gasteiger partial charge on any atom is 0.320 e. The van der Waals surface area contributed by atoms with Crippen LogP contribution in [0.5, 0.6) is 0 Å². The van der Waals surface area contributed by atoms with Gasteiger partial charge in [0, 0.05) is 19.0 Å². The van der Waals surface area contributed by atoms with Gasteiger partial charge in [0.2, 0.25) is 11.8 Å². The number of carbonyl (C=O) groups excluding carboxylic acids is 2. The van der Waals surface area contributed by atoms with Crippen molar-refractivity contribution in [2.75, 3.05) is 51.5 Å². The number of amides is 2. The third-order valence-corrected chi connectivity index (χ3v) is 4.47. The van der Waals surface area contributed by atoms with E-state index < -0.39 is 23.5 Å². The predicted octanol–water partition coefficient (Wildman–Crippen LogP) is -0.447. The number of ether oxygens (including phenoxy) is 3. The highest BCUT2D eigenvalue weighted by molar-refractivity contribution is 5.89. The van der Waals surface area contributed by atoms with E-state index in [0.717, 1.165) is 6.07 Å². The summed E-state index contributed by atoms with van der Waals surface area (Å²) in [5.41, 5.74) is 4.75. The third kappa shape index (κ3) is 13.5. The number of hydrogen-bond donors (Lipinski definition) is 5. The number of anilines is 1. The zero-order chi connectivity index (χ0) is 25.2. The second-order valence-electron chi connectivity index (χ2n) is 7.24. The van der Waals surface area contributed by atoms with Gasteiger partial charge in [0.15, 0.2) is 5.82 Å². The van der Waals surface area contributed by atoms with Crippen LogP contribution < -0.4 is 21.9 Å². The highest BCUT2D eigenvalue weighted by Crippen LogP contribution is 2.02. The van der Waals surface area contributed by atoms with Gasteiger partial charge in [0.05, 0.1) is 46.1 Å². The Kier molecular flexibility index (Phi) is 14.9. The molecule has 1 atom stereocenters. The molecule has 13 heteroatoms. The van der Waals surface area contributed by atoms with Crippen LogP contribution in [-0.4, -0.2) is 85.1 Å². The first-order valence-electron chi connectivity index (χ1n) is 11.0. The molecule has 0 radical (unpaired) electrons. The molecule has 6 N–H and O–H groups in total. The minimum atomic E-state index is -1.02. The Bertz CT molecular complexity index is 816. The molecular weight excluding hydrogens is 452 g/mol. The number of carboxylic acids is 1. The normalized spacial score (nSPS) is 11.7. The van der Waals surface area contributed by atoms with Crippen LogP contribution in [0.1, 0.15) is 32.1 Å². The second kappa shape index (κ2) is 17.5. The number of pyridine rings is 1. The van der Waals surface area contributed by atoms with Gasteiger partial charge in [-0.05, 0) is 25.3 Å². The molecule has 0 unspecified atom stereocenters. The third-order valence-electron chi connectivity index (χ3n) is 4.47. The lowest BCUT2D eigenvalue weighted by molar-refractivity contribution is -0.138. The summed E-state index contributed by atoms with van der Waals surface area (Å²) in [4.78, 5) is 45.3. The van der Waals surface area contributed by atoms with Crippen molar-refractivity contribution in [3.63, 3.8) is 0 Å². The molecule has 34 heavy (non-hydrogen) atoms. The summed E-state index contributed by atoms with van der Waals surface area (Å²) in [5.74, 6) is -1.59. The van der Waals surface area contributed by atoms with Gasteiger partial charge in [-0.1, -0.05) is 6.07 Å². The molecule has 0 saturated heterocycles. The number of unbranched alkanes of at least 4 members (excludes halogenated alkanes) is 1. The van der Waals surface area contributed by atoms with Gasteiger partial charge < -0.3 is 40.9 Å². The smallest absolute Gasteiger partial charge is 0.320 e. The Morgan fingerprint density at radius 3 is 2.15 bits per heavy atom. The summed E-state index contributed by atoms with van der Waals surface area (Å²) in [7, 11) is 0. The van der Waals surface area contributed by atoms with Crippen molar-refractivity contribution in [3.05, 3.63) is 28.6 Å². The van der Waals surface area contributed by atoms with Crippen molar-refractivity contribution in [2.45, 2.75) is 38.1 Å². The van der Waals surface area contributed by atoms with Crippen LogP contribution in [0.25, 0.3) is 0 Å². The van der Waals surface area contributed by atoms with E-state index in [1.807, 2.05) is 0 Å². The van der Waals surface area contributed by atoms with E-state index in [2.05, 4.69) is 10.6 Å². The van der Waals surface area contributed by atoms with Crippen LogP contribution in [0.2, 0.25) is 0 Å². The van der Waals surface area contributed by atoms with E-state index in [-0.39, 0.29) is 44.4 Å². The Hall–Kier alpha value is -3.00. The molecule has 0 bridgehead atoms. The molecule has 0 aliphatic rings. The predicted molar refractivity (Wildman–Crippen MR) is 121 cm³/mol. The first kappa shape index (κ1) is 29.0. The molecule has 1 aromatic rings. The first-order valence-corrected chi connectivity index (χ1v) is 11.0. The summed E-state index contributed by atoms with van der Waals surface area (Å²) >= 11 is 0. The molecule has 13 nitrogen and oxygen atoms in total. The topological polar surface area (TPSA) is 191 Å². The second-order valence-corrected chi connectivity index (χ2v) is 7.24. The van der Waals surface area contributed by atoms with Crippen molar-refractivity contribution >= 4 is 23.6 Å². The zero-order valence-corrected chi connectivity index (χ0v) is 19.1. The molecular formula is C21H34N4O9. The number of aromatic nitrogens is 1. The molecule has 0 fully saturated rings. The summed E-state index contributed by atoms with van der Waals surface area (Å²) in [6.45, 7) is 2.11. The van der Waals surface area contributed by atoms with Gasteiger partial charge in [-0.3, -0.25) is 19.2 Å². The summed E-state index contributed by atoms with van der Waals surface area (Å²) < 4.78 is 16.3. The van der Waals surface area contributed by atoms with Crippen molar-refractivity contribution in [2.24, 2.45) is 5.73 Å². The molecule has 1 aromatic heterocycles. The van der Waals surface area contributed by atoms with E-state index in [4.69, 9.17) is 25.1 Å². The van der Waals surface area contributed by atoms with Gasteiger partial charge in [-0.2, -0.15) is 0 Å². The molecule has 192 valence electrons. The minimum Gasteiger partial charge on any atom is -0.480 e. The van der Waals surface area contributed by atoms with E-state index in [9.17, 15) is 24.4 Å². The molecule has 0 aliphatic heterocycles. The van der Waals surface area contributed by atoms with Gasteiger partial charge >= 0.3 is 5.97 Å². The highest BCUT2D eigenvalue weighted by atomic mass is 16.5. The standard InChI is InChI=1S/C21H34N4O9/c22-16(21(29)30)4-1-2-9-23-18(26)7-10-32-12-14-34-15-13-33-11-8-19(27)24-17-5-3-6-20(28)25(17)31/h3,5-6,16,31H,1-2,4,7-15,22H2,(H,23,26)(H,24,27)(H,29,30)/t16-/m0/s1. The number of nitrogens with zero attached hydrogens (tertiary/aromatic N) is 1. The van der Waals surface area contributed by atoms with Gasteiger partial charge in [-0.25, -0.2) is 0 Å². The number of aliphatic carboxylic acids is 1. The lowest BCUT2D eigenvalue weighted by Gasteiger charge is -2.09. The Labute approximate surface area is 197 Å². The quantitative estimate of drug-likeness (QED) is 0.126. The van der Waals surface area contributed by atoms with Crippen molar-refractivity contribution in [1.29, 1.82) is 0 Å². The first-order chi connectivity index (χ1) is 16.3. The van der Waals surface area contributed by atoms with Crippen LogP contribution in [0.4, 0.5) is 5.82 Å². The van der Waals surface area contributed by atoms with Crippen LogP contribution in [0, 0.1) is 0 Å². The fourth-order valence-corrected chi connectivity index (χ4v) is 2.58. The van der Waals surface area contributed by atoms with Gasteiger partial charge in [0.1, 0.15) is 6.04 Å². The van der Waals surface area contributed by atoms with E-state index in [1.54, 1.807) is 0 Å². The number of rotatable bonds is 19. The van der Waals surface area contributed by atoms with E-state index in [0.29, 0.717) is 50.4 Å². The molecule has 0 spiro atoms. The molecule has 1 heterocycles. The molecule has 0 saturated carbocycles. The molecule has 0 aliphatic carbocycles. The summed E-state index contributed by atoms with van der Waals surface area (Å²) in [5, 5.41) is 23.3. The van der Waals surface area contributed by atoms with Crippen molar-refractivity contribution in [3.8, 4) is 0 Å². The number of hydrogen-bond acceptors (Lipinski definition) is 9. The number of carbonyl (C=O) groups is 3. The Morgan fingerprint density at radius 1 is 0.941 bits per heavy atom. The number of nitrogens with two attached hydrogens (primary N) is 1. The minimum absolute atomic E-state index is 0.0171. The lowest BCUT2D eigenvalue weighted by atomic mass is 10.1. The zero-order valence-electron chi connectivity index (χ0n) is 19.1. The Morgan fingerprint density at radius 2 is 1.53 bits per heavy atom. The average molecular weight is 487 g/mol. The maximum atomic E-state index is 11.8. The van der Waals surface area contributed by atoms with Crippen molar-refractivity contribution < 1.29 is 38.9 Å². The van der Waals surface area contributed by atoms with E-state index >= 15 is 0 Å². The summed E-state index contributed by atoms with van der Waals surface area (Å²) in [6, 6.07) is 3.11.